The Bertz CT molecular complexity index is 639. The predicted octanol–water partition coefficient (Wildman–Crippen LogP) is 0.253. The number of sulfonamides is 1. The molecule has 1 aromatic carbocycles. The molecule has 0 aliphatic rings. The molecule has 1 amide bonds. The van der Waals surface area contributed by atoms with Crippen molar-refractivity contribution in [2.45, 2.75) is 30.7 Å². The van der Waals surface area contributed by atoms with Gasteiger partial charge in [-0.3, -0.25) is 4.79 Å². The smallest absolute Gasteiger partial charge is 0.241 e. The summed E-state index contributed by atoms with van der Waals surface area (Å²) >= 11 is 4.81. The molecule has 8 heteroatoms. The third-order valence-electron chi connectivity index (χ3n) is 2.46. The highest BCUT2D eigenvalue weighted by atomic mass is 32.2. The first-order valence-electron chi connectivity index (χ1n) is 5.76. The second kappa shape index (κ2) is 5.86. The number of hydrogen-bond acceptors (Lipinski definition) is 4. The van der Waals surface area contributed by atoms with E-state index in [0.29, 0.717) is 5.56 Å². The summed E-state index contributed by atoms with van der Waals surface area (Å²) in [5.74, 6) is -0.588. The lowest BCUT2D eigenvalue weighted by atomic mass is 10.0. The summed E-state index contributed by atoms with van der Waals surface area (Å²) in [6.45, 7) is 3.15. The van der Waals surface area contributed by atoms with Gasteiger partial charge in [0.2, 0.25) is 15.9 Å². The van der Waals surface area contributed by atoms with Crippen LogP contribution in [0.5, 0.6) is 0 Å². The van der Waals surface area contributed by atoms with Crippen molar-refractivity contribution in [3.63, 3.8) is 0 Å². The van der Waals surface area contributed by atoms with Crippen LogP contribution in [-0.4, -0.2) is 24.9 Å². The number of carbonyl (C=O) groups is 1. The molecule has 0 aliphatic heterocycles. The molecule has 0 saturated carbocycles. The van der Waals surface area contributed by atoms with Crippen LogP contribution in [0.25, 0.3) is 0 Å². The maximum atomic E-state index is 12.3. The molecule has 0 aliphatic carbocycles. The largest absolute Gasteiger partial charge is 0.389 e. The quantitative estimate of drug-likeness (QED) is 0.651. The minimum absolute atomic E-state index is 0.0281. The Morgan fingerprint density at radius 3 is 2.45 bits per heavy atom. The normalized spacial score (nSPS) is 12.1. The van der Waals surface area contributed by atoms with E-state index in [-0.39, 0.29) is 16.3 Å². The summed E-state index contributed by atoms with van der Waals surface area (Å²) in [5, 5.41) is 0. The highest BCUT2D eigenvalue weighted by Crippen LogP contribution is 2.16. The Hall–Kier alpha value is -1.51. The number of nitrogens with one attached hydrogen (secondary N) is 1. The highest BCUT2D eigenvalue weighted by Gasteiger charge is 2.28. The number of hydrogen-bond donors (Lipinski definition) is 3. The molecule has 0 saturated heterocycles. The lowest BCUT2D eigenvalue weighted by Crippen LogP contribution is -2.45. The van der Waals surface area contributed by atoms with Crippen molar-refractivity contribution in [3.05, 3.63) is 29.8 Å². The third-order valence-corrected chi connectivity index (χ3v) is 4.39. The lowest BCUT2D eigenvalue weighted by molar-refractivity contribution is -0.119. The van der Waals surface area contributed by atoms with Gasteiger partial charge in [-0.15, -0.1) is 0 Å². The fraction of sp³-hybridized carbons (Fsp3) is 0.333. The molecule has 20 heavy (non-hydrogen) atoms. The summed E-state index contributed by atoms with van der Waals surface area (Å²) in [5.41, 5.74) is 10.0. The number of benzene rings is 1. The van der Waals surface area contributed by atoms with Gasteiger partial charge in [0.1, 0.15) is 4.99 Å². The van der Waals surface area contributed by atoms with Gasteiger partial charge < -0.3 is 11.5 Å². The van der Waals surface area contributed by atoms with Gasteiger partial charge in [-0.1, -0.05) is 24.4 Å². The zero-order valence-electron chi connectivity index (χ0n) is 11.2. The van der Waals surface area contributed by atoms with Gasteiger partial charge in [0.15, 0.2) is 0 Å². The molecule has 1 rings (SSSR count). The van der Waals surface area contributed by atoms with Crippen molar-refractivity contribution in [2.75, 3.05) is 0 Å². The predicted molar refractivity (Wildman–Crippen MR) is 80.5 cm³/mol. The van der Waals surface area contributed by atoms with Crippen LogP contribution in [0.1, 0.15) is 25.8 Å². The van der Waals surface area contributed by atoms with Crippen LogP contribution in [-0.2, 0) is 14.8 Å². The van der Waals surface area contributed by atoms with Crippen LogP contribution in [0.2, 0.25) is 0 Å². The molecule has 5 N–H and O–H groups in total. The monoisotopic (exact) mass is 315 g/mol. The van der Waals surface area contributed by atoms with Crippen LogP contribution in [0, 0.1) is 0 Å². The summed E-state index contributed by atoms with van der Waals surface area (Å²) in [7, 11) is -3.79. The van der Waals surface area contributed by atoms with Gasteiger partial charge in [-0.25, -0.2) is 13.1 Å². The van der Waals surface area contributed by atoms with E-state index >= 15 is 0 Å². The highest BCUT2D eigenvalue weighted by molar-refractivity contribution is 7.89. The second-order valence-corrected chi connectivity index (χ2v) is 7.15. The molecule has 0 fully saturated rings. The molecule has 0 heterocycles. The molecule has 0 unspecified atom stereocenters. The Morgan fingerprint density at radius 2 is 1.95 bits per heavy atom. The van der Waals surface area contributed by atoms with Gasteiger partial charge in [-0.2, -0.15) is 0 Å². The van der Waals surface area contributed by atoms with Gasteiger partial charge in [0, 0.05) is 17.5 Å². The summed E-state index contributed by atoms with van der Waals surface area (Å²) in [4.78, 5) is 11.1. The Labute approximate surface area is 123 Å². The number of amides is 1. The van der Waals surface area contributed by atoms with E-state index in [4.69, 9.17) is 23.7 Å². The van der Waals surface area contributed by atoms with Gasteiger partial charge in [-0.05, 0) is 26.0 Å². The minimum Gasteiger partial charge on any atom is -0.389 e. The molecule has 1 aromatic rings. The third kappa shape index (κ3) is 4.55. The van der Waals surface area contributed by atoms with Gasteiger partial charge in [0.05, 0.1) is 4.90 Å². The van der Waals surface area contributed by atoms with Crippen molar-refractivity contribution in [3.8, 4) is 0 Å². The number of rotatable bonds is 6. The van der Waals surface area contributed by atoms with Gasteiger partial charge in [0.25, 0.3) is 0 Å². The Morgan fingerprint density at radius 1 is 1.35 bits per heavy atom. The molecule has 0 bridgehead atoms. The van der Waals surface area contributed by atoms with Crippen molar-refractivity contribution < 1.29 is 13.2 Å². The number of thiocarbonyl (C=S) groups is 1. The fourth-order valence-electron chi connectivity index (χ4n) is 1.71. The maximum absolute atomic E-state index is 12.3. The minimum atomic E-state index is -3.79. The lowest BCUT2D eigenvalue weighted by Gasteiger charge is -2.24. The number of nitrogens with two attached hydrogens (primary N) is 2. The second-order valence-electron chi connectivity index (χ2n) is 5.02. The van der Waals surface area contributed by atoms with E-state index in [9.17, 15) is 13.2 Å². The Balaban J connectivity index is 3.08. The van der Waals surface area contributed by atoms with Crippen LogP contribution >= 0.6 is 12.2 Å². The Kier molecular flexibility index (Phi) is 4.85. The number of carbonyl (C=O) groups excluding carboxylic acids is 1. The molecular weight excluding hydrogens is 298 g/mol. The summed E-state index contributed by atoms with van der Waals surface area (Å²) < 4.78 is 26.9. The van der Waals surface area contributed by atoms with E-state index in [1.54, 1.807) is 26.0 Å². The zero-order valence-corrected chi connectivity index (χ0v) is 12.8. The van der Waals surface area contributed by atoms with E-state index < -0.39 is 21.5 Å². The molecule has 0 atom stereocenters. The van der Waals surface area contributed by atoms with Crippen molar-refractivity contribution >= 4 is 33.1 Å². The van der Waals surface area contributed by atoms with Crippen LogP contribution in [0.4, 0.5) is 0 Å². The van der Waals surface area contributed by atoms with E-state index in [2.05, 4.69) is 4.72 Å². The average molecular weight is 315 g/mol. The standard InChI is InChI=1S/C12H17N3O3S2/c1-12(2,7-10(13)16)15-20(17,18)9-5-3-4-8(6-9)11(14)19/h3-6,15H,7H2,1-2H3,(H2,13,16)(H2,14,19). The SMILES string of the molecule is CC(C)(CC(N)=O)NS(=O)(=O)c1cccc(C(N)=S)c1. The van der Waals surface area contributed by atoms with E-state index in [1.807, 2.05) is 0 Å². The summed E-state index contributed by atoms with van der Waals surface area (Å²) in [6, 6.07) is 5.97. The number of primary amides is 1. The molecule has 110 valence electrons. The van der Waals surface area contributed by atoms with Crippen LogP contribution < -0.4 is 16.2 Å². The fourth-order valence-corrected chi connectivity index (χ4v) is 3.30. The molecule has 6 nitrogen and oxygen atoms in total. The molecule has 0 spiro atoms. The molecular formula is C12H17N3O3S2. The first-order chi connectivity index (χ1) is 9.03. The maximum Gasteiger partial charge on any atom is 0.241 e. The van der Waals surface area contributed by atoms with E-state index in [1.165, 1.54) is 12.1 Å². The van der Waals surface area contributed by atoms with Crippen molar-refractivity contribution in [1.82, 2.24) is 4.72 Å². The summed E-state index contributed by atoms with van der Waals surface area (Å²) in [6.07, 6.45) is -0.110. The average Bonchev–Trinajstić information content (AvgIpc) is 2.25. The van der Waals surface area contributed by atoms with Crippen LogP contribution in [0.15, 0.2) is 29.2 Å². The van der Waals surface area contributed by atoms with E-state index in [0.717, 1.165) is 0 Å². The van der Waals surface area contributed by atoms with Crippen LogP contribution in [0.3, 0.4) is 0 Å². The molecule has 0 aromatic heterocycles. The topological polar surface area (TPSA) is 115 Å². The van der Waals surface area contributed by atoms with Crippen molar-refractivity contribution in [2.24, 2.45) is 11.5 Å². The molecule has 0 radical (unpaired) electrons. The van der Waals surface area contributed by atoms with Gasteiger partial charge >= 0.3 is 0 Å². The first kappa shape index (κ1) is 16.5. The van der Waals surface area contributed by atoms with Crippen molar-refractivity contribution in [1.29, 1.82) is 0 Å². The first-order valence-corrected chi connectivity index (χ1v) is 7.65. The zero-order chi connectivity index (χ0) is 15.6.